The molecule has 0 spiro atoms. The first-order chi connectivity index (χ1) is 10.4. The molecule has 1 atom stereocenters. The van der Waals surface area contributed by atoms with E-state index in [1.807, 2.05) is 6.08 Å². The Balaban J connectivity index is 1.41. The molecule has 3 heterocycles. The maximum atomic E-state index is 5.85. The molecule has 0 aromatic rings. The fourth-order valence-electron chi connectivity index (χ4n) is 2.94. The molecule has 114 valence electrons. The topological polar surface area (TPSA) is 45.6 Å². The molecule has 0 amide bonds. The van der Waals surface area contributed by atoms with Crippen molar-refractivity contribution in [3.8, 4) is 0 Å². The number of unbranched alkanes of at least 4 members (excludes halogenated alkanes) is 1. The Morgan fingerprint density at radius 2 is 2.29 bits per heavy atom. The van der Waals surface area contributed by atoms with Crippen LogP contribution in [0, 0.1) is 0 Å². The third kappa shape index (κ3) is 4.31. The second-order valence-corrected chi connectivity index (χ2v) is 5.91. The van der Waals surface area contributed by atoms with E-state index in [0.717, 1.165) is 69.9 Å². The summed E-state index contributed by atoms with van der Waals surface area (Å²) in [5.41, 5.74) is 5.69. The zero-order valence-electron chi connectivity index (χ0n) is 12.7. The first-order valence-electron chi connectivity index (χ1n) is 8.21. The van der Waals surface area contributed by atoms with Gasteiger partial charge in [0.25, 0.3) is 0 Å². The fraction of sp³-hybridized carbons (Fsp3) is 0.647. The van der Waals surface area contributed by atoms with Gasteiger partial charge in [-0.15, -0.1) is 5.73 Å². The summed E-state index contributed by atoms with van der Waals surface area (Å²) in [5, 5.41) is 6.72. The molecule has 21 heavy (non-hydrogen) atoms. The summed E-state index contributed by atoms with van der Waals surface area (Å²) >= 11 is 0. The Hall–Kier alpha value is -1.35. The molecule has 0 bridgehead atoms. The number of hydrogen-bond donors (Lipinski definition) is 2. The van der Waals surface area contributed by atoms with Crippen molar-refractivity contribution in [1.29, 1.82) is 0 Å². The molecule has 0 aromatic carbocycles. The molecule has 2 N–H and O–H groups in total. The molecule has 0 aliphatic carbocycles. The van der Waals surface area contributed by atoms with Gasteiger partial charge in [0, 0.05) is 31.3 Å². The van der Waals surface area contributed by atoms with Crippen LogP contribution in [-0.2, 0) is 4.74 Å². The minimum Gasteiger partial charge on any atom is -0.377 e. The summed E-state index contributed by atoms with van der Waals surface area (Å²) in [4.78, 5) is 4.76. The Bertz CT molecular complexity index is 480. The van der Waals surface area contributed by atoms with E-state index < -0.39 is 0 Å². The van der Waals surface area contributed by atoms with Gasteiger partial charge in [0.15, 0.2) is 0 Å². The maximum absolute atomic E-state index is 5.85. The van der Waals surface area contributed by atoms with Crippen LogP contribution in [0.25, 0.3) is 0 Å². The standard InChI is InChI=1S/C17H25N3O/c1(2-12-21-16-9-11-18-13-16)7-15-8-3-5-14-6-4-10-19-17(14)20-15/h5,8,16,18-19H,1-2,4,6-7,9-13H2. The van der Waals surface area contributed by atoms with E-state index in [4.69, 9.17) is 9.73 Å². The van der Waals surface area contributed by atoms with Gasteiger partial charge >= 0.3 is 0 Å². The Kier molecular flexibility index (Phi) is 5.28. The summed E-state index contributed by atoms with van der Waals surface area (Å²) < 4.78 is 5.85. The first-order valence-corrected chi connectivity index (χ1v) is 8.21. The quantitative estimate of drug-likeness (QED) is 0.582. The van der Waals surface area contributed by atoms with E-state index in [1.165, 1.54) is 12.0 Å². The van der Waals surface area contributed by atoms with Crippen molar-refractivity contribution in [3.05, 3.63) is 29.3 Å². The average Bonchev–Trinajstić information content (AvgIpc) is 2.93. The summed E-state index contributed by atoms with van der Waals surface area (Å²) in [5.74, 6) is 1.06. The molecule has 4 heteroatoms. The molecule has 3 aliphatic heterocycles. The highest BCUT2D eigenvalue weighted by atomic mass is 16.5. The maximum Gasteiger partial charge on any atom is 0.130 e. The Morgan fingerprint density at radius 3 is 3.19 bits per heavy atom. The van der Waals surface area contributed by atoms with Crippen molar-refractivity contribution in [1.82, 2.24) is 10.6 Å². The van der Waals surface area contributed by atoms with Gasteiger partial charge in [0.05, 0.1) is 11.8 Å². The molecule has 0 saturated carbocycles. The van der Waals surface area contributed by atoms with E-state index in [2.05, 4.69) is 22.4 Å². The van der Waals surface area contributed by atoms with Crippen LogP contribution in [0.2, 0.25) is 0 Å². The molecule has 3 rings (SSSR count). The Morgan fingerprint density at radius 1 is 1.29 bits per heavy atom. The van der Waals surface area contributed by atoms with E-state index >= 15 is 0 Å². The molecular weight excluding hydrogens is 262 g/mol. The fourth-order valence-corrected chi connectivity index (χ4v) is 2.94. The van der Waals surface area contributed by atoms with Gasteiger partial charge in [-0.25, -0.2) is 4.99 Å². The smallest absolute Gasteiger partial charge is 0.130 e. The largest absolute Gasteiger partial charge is 0.377 e. The van der Waals surface area contributed by atoms with Gasteiger partial charge in [-0.3, -0.25) is 0 Å². The predicted octanol–water partition coefficient (Wildman–Crippen LogP) is 2.30. The van der Waals surface area contributed by atoms with Crippen molar-refractivity contribution >= 4 is 5.71 Å². The Labute approximate surface area is 127 Å². The van der Waals surface area contributed by atoms with Crippen LogP contribution in [0.15, 0.2) is 34.3 Å². The van der Waals surface area contributed by atoms with E-state index in [-0.39, 0.29) is 0 Å². The monoisotopic (exact) mass is 287 g/mol. The van der Waals surface area contributed by atoms with Crippen molar-refractivity contribution in [2.45, 2.75) is 44.6 Å². The highest BCUT2D eigenvalue weighted by Gasteiger charge is 2.14. The predicted molar refractivity (Wildman–Crippen MR) is 85.4 cm³/mol. The lowest BCUT2D eigenvalue weighted by atomic mass is 10.1. The molecule has 3 aliphatic rings. The zero-order chi connectivity index (χ0) is 14.3. The molecule has 0 radical (unpaired) electrons. The van der Waals surface area contributed by atoms with Gasteiger partial charge in [-0.1, -0.05) is 0 Å². The number of hydrogen-bond acceptors (Lipinski definition) is 4. The first kappa shape index (κ1) is 14.6. The summed E-state index contributed by atoms with van der Waals surface area (Å²) in [6.45, 7) is 4.02. The van der Waals surface area contributed by atoms with Crippen LogP contribution in [-0.4, -0.2) is 38.1 Å². The highest BCUT2D eigenvalue weighted by Crippen LogP contribution is 2.19. The number of allylic oxidation sites excluding steroid dienone is 2. The lowest BCUT2D eigenvalue weighted by Gasteiger charge is -2.16. The third-order valence-corrected chi connectivity index (χ3v) is 4.18. The lowest BCUT2D eigenvalue weighted by molar-refractivity contribution is 0.0647. The van der Waals surface area contributed by atoms with Gasteiger partial charge in [0.2, 0.25) is 0 Å². The summed E-state index contributed by atoms with van der Waals surface area (Å²) in [6, 6.07) is 0. The summed E-state index contributed by atoms with van der Waals surface area (Å²) in [7, 11) is 0. The number of aliphatic imine (C=N–C) groups is 1. The van der Waals surface area contributed by atoms with Crippen LogP contribution in [0.5, 0.6) is 0 Å². The zero-order valence-corrected chi connectivity index (χ0v) is 12.7. The van der Waals surface area contributed by atoms with Crippen molar-refractivity contribution in [2.75, 3.05) is 26.2 Å². The second kappa shape index (κ2) is 7.60. The summed E-state index contributed by atoms with van der Waals surface area (Å²) in [6.07, 6.45) is 11.2. The van der Waals surface area contributed by atoms with Gasteiger partial charge in [-0.2, -0.15) is 0 Å². The van der Waals surface area contributed by atoms with E-state index in [0.29, 0.717) is 6.10 Å². The van der Waals surface area contributed by atoms with Crippen molar-refractivity contribution < 1.29 is 4.74 Å². The number of rotatable bonds is 6. The third-order valence-electron chi connectivity index (χ3n) is 4.18. The molecule has 1 fully saturated rings. The molecule has 4 nitrogen and oxygen atoms in total. The minimum absolute atomic E-state index is 0.433. The van der Waals surface area contributed by atoms with Crippen LogP contribution in [0.3, 0.4) is 0 Å². The SMILES string of the molecule is C1=CC(CCCCOC2CCNC2)=NC2=C(C=1)CCCN2. The van der Waals surface area contributed by atoms with Crippen molar-refractivity contribution in [2.24, 2.45) is 4.99 Å². The van der Waals surface area contributed by atoms with E-state index in [1.54, 1.807) is 0 Å². The van der Waals surface area contributed by atoms with Crippen molar-refractivity contribution in [3.63, 3.8) is 0 Å². The van der Waals surface area contributed by atoms with Gasteiger partial charge in [0.1, 0.15) is 5.82 Å². The van der Waals surface area contributed by atoms with E-state index in [9.17, 15) is 0 Å². The van der Waals surface area contributed by atoms with Crippen LogP contribution in [0.1, 0.15) is 38.5 Å². The van der Waals surface area contributed by atoms with Gasteiger partial charge < -0.3 is 15.4 Å². The van der Waals surface area contributed by atoms with Crippen LogP contribution >= 0.6 is 0 Å². The van der Waals surface area contributed by atoms with Gasteiger partial charge in [-0.05, 0) is 51.1 Å². The minimum atomic E-state index is 0.433. The lowest BCUT2D eigenvalue weighted by Crippen LogP contribution is -2.20. The molecule has 1 unspecified atom stereocenters. The normalized spacial score (nSPS) is 24.6. The number of nitrogens with zero attached hydrogens (tertiary/aromatic N) is 1. The molecular formula is C17H25N3O. The number of nitrogens with one attached hydrogen (secondary N) is 2. The van der Waals surface area contributed by atoms with Crippen LogP contribution < -0.4 is 10.6 Å². The van der Waals surface area contributed by atoms with Crippen LogP contribution in [0.4, 0.5) is 0 Å². The highest BCUT2D eigenvalue weighted by molar-refractivity contribution is 5.95. The average molecular weight is 287 g/mol. The molecule has 1 saturated heterocycles. The number of ether oxygens (including phenoxy) is 1. The molecule has 0 aromatic heterocycles. The second-order valence-electron chi connectivity index (χ2n) is 5.91.